The van der Waals surface area contributed by atoms with E-state index >= 15 is 0 Å². The van der Waals surface area contributed by atoms with Crippen LogP contribution < -0.4 is 14.4 Å². The van der Waals surface area contributed by atoms with Gasteiger partial charge in [0.1, 0.15) is 0 Å². The quantitative estimate of drug-likeness (QED) is 0.744. The summed E-state index contributed by atoms with van der Waals surface area (Å²) in [7, 11) is 1.66. The van der Waals surface area contributed by atoms with Crippen molar-refractivity contribution in [3.63, 3.8) is 0 Å². The zero-order chi connectivity index (χ0) is 18.4. The summed E-state index contributed by atoms with van der Waals surface area (Å²) in [5.41, 5.74) is 3.59. The summed E-state index contributed by atoms with van der Waals surface area (Å²) in [6.07, 6.45) is 1.89. The van der Waals surface area contributed by atoms with Crippen molar-refractivity contribution in [1.82, 2.24) is 5.01 Å². The van der Waals surface area contributed by atoms with Crippen LogP contribution in [0.1, 0.15) is 18.1 Å². The molecule has 138 valence electrons. The molecule has 1 saturated heterocycles. The van der Waals surface area contributed by atoms with Crippen LogP contribution in [0.25, 0.3) is 0 Å². The highest BCUT2D eigenvalue weighted by molar-refractivity contribution is 5.80. The third-order valence-electron chi connectivity index (χ3n) is 4.51. The van der Waals surface area contributed by atoms with Gasteiger partial charge in [-0.1, -0.05) is 17.7 Å². The lowest BCUT2D eigenvalue weighted by atomic mass is 10.2. The van der Waals surface area contributed by atoms with E-state index in [2.05, 4.69) is 46.2 Å². The number of ether oxygens (including phenoxy) is 2. The Labute approximate surface area is 155 Å². The maximum atomic E-state index is 5.55. The molecule has 0 atom stereocenters. The number of hydrogen-bond donors (Lipinski definition) is 0. The smallest absolute Gasteiger partial charge is 0.161 e. The van der Waals surface area contributed by atoms with Crippen LogP contribution in [-0.4, -0.2) is 51.1 Å². The van der Waals surface area contributed by atoms with Crippen LogP contribution in [0.3, 0.4) is 0 Å². The van der Waals surface area contributed by atoms with Gasteiger partial charge in [-0.05, 0) is 49.7 Å². The molecule has 0 unspecified atom stereocenters. The van der Waals surface area contributed by atoms with Crippen molar-refractivity contribution in [2.24, 2.45) is 5.10 Å². The van der Waals surface area contributed by atoms with Crippen LogP contribution in [-0.2, 0) is 0 Å². The molecule has 0 spiro atoms. The lowest BCUT2D eigenvalue weighted by Gasteiger charge is -2.34. The SMILES string of the molecule is CCOc1ccc(C=NN2CCN(c3ccc(C)cc3)CC2)cc1OC. The van der Waals surface area contributed by atoms with Gasteiger partial charge in [0.15, 0.2) is 11.5 Å². The Balaban J connectivity index is 1.58. The van der Waals surface area contributed by atoms with E-state index in [0.29, 0.717) is 6.61 Å². The fourth-order valence-electron chi connectivity index (χ4n) is 3.01. The summed E-state index contributed by atoms with van der Waals surface area (Å²) in [6, 6.07) is 14.6. The molecular weight excluding hydrogens is 326 g/mol. The maximum Gasteiger partial charge on any atom is 0.161 e. The van der Waals surface area contributed by atoms with Crippen LogP contribution in [0.15, 0.2) is 47.6 Å². The highest BCUT2D eigenvalue weighted by Crippen LogP contribution is 2.27. The molecule has 5 heteroatoms. The summed E-state index contributed by atoms with van der Waals surface area (Å²) in [4.78, 5) is 2.41. The third kappa shape index (κ3) is 4.48. The second kappa shape index (κ2) is 8.61. The number of nitrogens with zero attached hydrogens (tertiary/aromatic N) is 3. The van der Waals surface area contributed by atoms with E-state index in [4.69, 9.17) is 9.47 Å². The lowest BCUT2D eigenvalue weighted by Crippen LogP contribution is -2.44. The Morgan fingerprint density at radius 1 is 1.00 bits per heavy atom. The second-order valence-corrected chi connectivity index (χ2v) is 6.36. The first-order chi connectivity index (χ1) is 12.7. The highest BCUT2D eigenvalue weighted by Gasteiger charge is 2.15. The van der Waals surface area contributed by atoms with Crippen LogP contribution >= 0.6 is 0 Å². The predicted octanol–water partition coefficient (Wildman–Crippen LogP) is 3.56. The Morgan fingerprint density at radius 2 is 1.73 bits per heavy atom. The number of hydrogen-bond acceptors (Lipinski definition) is 5. The minimum absolute atomic E-state index is 0.620. The second-order valence-electron chi connectivity index (χ2n) is 6.36. The molecule has 0 bridgehead atoms. The molecule has 0 N–H and O–H groups in total. The van der Waals surface area contributed by atoms with Crippen LogP contribution in [0.4, 0.5) is 5.69 Å². The average molecular weight is 353 g/mol. The van der Waals surface area contributed by atoms with Crippen molar-refractivity contribution in [1.29, 1.82) is 0 Å². The van der Waals surface area contributed by atoms with Gasteiger partial charge in [0, 0.05) is 18.8 Å². The van der Waals surface area contributed by atoms with E-state index < -0.39 is 0 Å². The number of methoxy groups -OCH3 is 1. The van der Waals surface area contributed by atoms with Gasteiger partial charge in [0.05, 0.1) is 33.0 Å². The molecule has 0 saturated carbocycles. The number of hydrazone groups is 1. The van der Waals surface area contributed by atoms with Gasteiger partial charge in [-0.25, -0.2) is 0 Å². The van der Waals surface area contributed by atoms with Crippen molar-refractivity contribution in [2.75, 3.05) is 44.8 Å². The summed E-state index contributed by atoms with van der Waals surface area (Å²) >= 11 is 0. The first-order valence-electron chi connectivity index (χ1n) is 9.11. The Bertz CT molecular complexity index is 735. The Hall–Kier alpha value is -2.69. The number of benzene rings is 2. The monoisotopic (exact) mass is 353 g/mol. The molecule has 0 aliphatic carbocycles. The van der Waals surface area contributed by atoms with Gasteiger partial charge >= 0.3 is 0 Å². The van der Waals surface area contributed by atoms with Crippen molar-refractivity contribution < 1.29 is 9.47 Å². The van der Waals surface area contributed by atoms with Gasteiger partial charge in [-0.15, -0.1) is 0 Å². The topological polar surface area (TPSA) is 37.3 Å². The van der Waals surface area contributed by atoms with E-state index in [1.807, 2.05) is 31.3 Å². The molecule has 1 aliphatic heterocycles. The van der Waals surface area contributed by atoms with E-state index in [1.165, 1.54) is 11.3 Å². The largest absolute Gasteiger partial charge is 0.493 e. The molecule has 26 heavy (non-hydrogen) atoms. The van der Waals surface area contributed by atoms with E-state index in [0.717, 1.165) is 43.2 Å². The molecular formula is C21H27N3O2. The van der Waals surface area contributed by atoms with E-state index in [-0.39, 0.29) is 0 Å². The maximum absolute atomic E-state index is 5.55. The molecule has 5 nitrogen and oxygen atoms in total. The fourth-order valence-corrected chi connectivity index (χ4v) is 3.01. The standard InChI is InChI=1S/C21H27N3O2/c1-4-26-20-10-7-18(15-21(20)25-3)16-22-24-13-11-23(12-14-24)19-8-5-17(2)6-9-19/h5-10,15-16H,4,11-14H2,1-3H3. The van der Waals surface area contributed by atoms with Gasteiger partial charge in [0.25, 0.3) is 0 Å². The van der Waals surface area contributed by atoms with Gasteiger partial charge in [-0.2, -0.15) is 5.10 Å². The molecule has 1 heterocycles. The first-order valence-corrected chi connectivity index (χ1v) is 9.11. The van der Waals surface area contributed by atoms with Gasteiger partial charge in [0.2, 0.25) is 0 Å². The van der Waals surface area contributed by atoms with E-state index in [9.17, 15) is 0 Å². The first kappa shape index (κ1) is 18.1. The molecule has 1 fully saturated rings. The Kier molecular flexibility index (Phi) is 6.00. The summed E-state index contributed by atoms with van der Waals surface area (Å²) < 4.78 is 10.9. The summed E-state index contributed by atoms with van der Waals surface area (Å²) in [5.74, 6) is 1.50. The molecule has 1 aliphatic rings. The third-order valence-corrected chi connectivity index (χ3v) is 4.51. The van der Waals surface area contributed by atoms with Crippen molar-refractivity contribution in [3.8, 4) is 11.5 Å². The number of piperazine rings is 1. The number of aryl methyl sites for hydroxylation is 1. The zero-order valence-corrected chi connectivity index (χ0v) is 15.8. The van der Waals surface area contributed by atoms with Crippen LogP contribution in [0.2, 0.25) is 0 Å². The van der Waals surface area contributed by atoms with Crippen LogP contribution in [0.5, 0.6) is 11.5 Å². The molecule has 3 rings (SSSR count). The zero-order valence-electron chi connectivity index (χ0n) is 15.8. The van der Waals surface area contributed by atoms with Crippen molar-refractivity contribution in [2.45, 2.75) is 13.8 Å². The van der Waals surface area contributed by atoms with Crippen LogP contribution in [0, 0.1) is 6.92 Å². The minimum Gasteiger partial charge on any atom is -0.493 e. The molecule has 0 radical (unpaired) electrons. The Morgan fingerprint density at radius 3 is 2.38 bits per heavy atom. The number of anilines is 1. The van der Waals surface area contributed by atoms with Crippen molar-refractivity contribution >= 4 is 11.9 Å². The summed E-state index contributed by atoms with van der Waals surface area (Å²) in [6.45, 7) is 8.49. The molecule has 0 aromatic heterocycles. The van der Waals surface area contributed by atoms with E-state index in [1.54, 1.807) is 7.11 Å². The normalized spacial score (nSPS) is 14.7. The molecule has 0 amide bonds. The average Bonchev–Trinajstić information content (AvgIpc) is 2.68. The van der Waals surface area contributed by atoms with Gasteiger partial charge in [-0.3, -0.25) is 5.01 Å². The molecule has 2 aromatic rings. The van der Waals surface area contributed by atoms with Crippen molar-refractivity contribution in [3.05, 3.63) is 53.6 Å². The number of rotatable bonds is 6. The molecule has 2 aromatic carbocycles. The highest BCUT2D eigenvalue weighted by atomic mass is 16.5. The fraction of sp³-hybridized carbons (Fsp3) is 0.381. The predicted molar refractivity (Wildman–Crippen MR) is 107 cm³/mol. The lowest BCUT2D eigenvalue weighted by molar-refractivity contribution is 0.272. The minimum atomic E-state index is 0.620. The summed E-state index contributed by atoms with van der Waals surface area (Å²) in [5, 5.41) is 6.75. The van der Waals surface area contributed by atoms with Gasteiger partial charge < -0.3 is 14.4 Å².